The highest BCUT2D eigenvalue weighted by atomic mass is 16.6. The average Bonchev–Trinajstić information content (AvgIpc) is 2.28. The maximum Gasteiger partial charge on any atom is 0.357 e. The van der Waals surface area contributed by atoms with Crippen LogP contribution in [0.3, 0.4) is 0 Å². The minimum atomic E-state index is -0.961. The molecule has 0 saturated heterocycles. The summed E-state index contributed by atoms with van der Waals surface area (Å²) in [5.41, 5.74) is 5.94. The second-order valence-electron chi connectivity index (χ2n) is 3.05. The first-order chi connectivity index (χ1) is 7.54. The lowest BCUT2D eigenvalue weighted by molar-refractivity contribution is -0.149. The van der Waals surface area contributed by atoms with Crippen molar-refractivity contribution in [2.75, 3.05) is 12.8 Å². The van der Waals surface area contributed by atoms with Gasteiger partial charge < -0.3 is 15.2 Å². The van der Waals surface area contributed by atoms with E-state index in [9.17, 15) is 9.59 Å². The smallest absolute Gasteiger partial charge is 0.357 e. The summed E-state index contributed by atoms with van der Waals surface area (Å²) < 4.78 is 9.22. The van der Waals surface area contributed by atoms with E-state index in [4.69, 9.17) is 10.5 Å². The number of hydrogen-bond donors (Lipinski definition) is 1. The van der Waals surface area contributed by atoms with Crippen LogP contribution in [0.2, 0.25) is 0 Å². The third-order valence-electron chi connectivity index (χ3n) is 1.81. The molecule has 1 rings (SSSR count). The summed E-state index contributed by atoms with van der Waals surface area (Å²) in [4.78, 5) is 26.2. The van der Waals surface area contributed by atoms with Gasteiger partial charge in [-0.1, -0.05) is 0 Å². The Morgan fingerprint density at radius 3 is 2.62 bits per heavy atom. The molecule has 16 heavy (non-hydrogen) atoms. The first-order valence-corrected chi connectivity index (χ1v) is 4.55. The lowest BCUT2D eigenvalue weighted by Gasteiger charge is -2.10. The zero-order valence-electron chi connectivity index (χ0n) is 8.97. The summed E-state index contributed by atoms with van der Waals surface area (Å²) in [7, 11) is 1.22. The third-order valence-corrected chi connectivity index (χ3v) is 1.81. The van der Waals surface area contributed by atoms with E-state index >= 15 is 0 Å². The normalized spacial score (nSPS) is 11.6. The number of hydrogen-bond acceptors (Lipinski definition) is 6. The van der Waals surface area contributed by atoms with Gasteiger partial charge in [0.2, 0.25) is 0 Å². The number of ether oxygens (including phenoxy) is 2. The molecule has 1 heterocycles. The monoisotopic (exact) mass is 224 g/mol. The molecule has 6 nitrogen and oxygen atoms in total. The zero-order valence-corrected chi connectivity index (χ0v) is 8.97. The number of pyridine rings is 1. The Hall–Kier alpha value is -2.11. The van der Waals surface area contributed by atoms with Gasteiger partial charge in [-0.15, -0.1) is 0 Å². The second kappa shape index (κ2) is 5.11. The minimum absolute atomic E-state index is 0.0879. The summed E-state index contributed by atoms with van der Waals surface area (Å²) in [5, 5.41) is 0. The molecule has 86 valence electrons. The first-order valence-electron chi connectivity index (χ1n) is 4.55. The summed E-state index contributed by atoms with van der Waals surface area (Å²) in [6, 6.07) is 2.94. The standard InChI is InChI=1S/C10H12N2O4/c1-6(9(13)15-2)16-10(14)8-4-3-7(11)5-12-8/h3-6H,11H2,1-2H3. The van der Waals surface area contributed by atoms with Crippen molar-refractivity contribution in [3.63, 3.8) is 0 Å². The number of rotatable bonds is 3. The Morgan fingerprint density at radius 1 is 1.44 bits per heavy atom. The molecule has 0 bridgehead atoms. The van der Waals surface area contributed by atoms with Crippen LogP contribution in [0, 0.1) is 0 Å². The summed E-state index contributed by atoms with van der Waals surface area (Å²) in [5.74, 6) is -1.32. The van der Waals surface area contributed by atoms with Crippen molar-refractivity contribution in [3.05, 3.63) is 24.0 Å². The van der Waals surface area contributed by atoms with E-state index in [1.165, 1.54) is 32.4 Å². The Morgan fingerprint density at radius 2 is 2.12 bits per heavy atom. The maximum atomic E-state index is 11.5. The van der Waals surface area contributed by atoms with Crippen molar-refractivity contribution < 1.29 is 19.1 Å². The third kappa shape index (κ3) is 2.94. The summed E-state index contributed by atoms with van der Waals surface area (Å²) in [6.07, 6.45) is 0.371. The summed E-state index contributed by atoms with van der Waals surface area (Å²) >= 11 is 0. The maximum absolute atomic E-state index is 11.5. The van der Waals surface area contributed by atoms with Crippen LogP contribution in [0.5, 0.6) is 0 Å². The number of nitrogens with zero attached hydrogens (tertiary/aromatic N) is 1. The van der Waals surface area contributed by atoms with E-state index in [2.05, 4.69) is 9.72 Å². The number of nitrogen functional groups attached to an aromatic ring is 1. The van der Waals surface area contributed by atoms with Crippen LogP contribution in [0.25, 0.3) is 0 Å². The molecule has 0 radical (unpaired) electrons. The highest BCUT2D eigenvalue weighted by molar-refractivity contribution is 5.89. The first kappa shape index (κ1) is 12.0. The Labute approximate surface area is 92.4 Å². The van der Waals surface area contributed by atoms with Crippen molar-refractivity contribution >= 4 is 17.6 Å². The van der Waals surface area contributed by atoms with Gasteiger partial charge in [0.1, 0.15) is 5.69 Å². The fourth-order valence-corrected chi connectivity index (χ4v) is 0.961. The number of carbonyl (C=O) groups is 2. The molecule has 1 aromatic rings. The topological polar surface area (TPSA) is 91.5 Å². The molecular weight excluding hydrogens is 212 g/mol. The number of carbonyl (C=O) groups excluding carboxylic acids is 2. The Kier molecular flexibility index (Phi) is 3.82. The van der Waals surface area contributed by atoms with E-state index in [1.807, 2.05) is 0 Å². The zero-order chi connectivity index (χ0) is 12.1. The molecule has 1 atom stereocenters. The lowest BCUT2D eigenvalue weighted by Crippen LogP contribution is -2.25. The number of esters is 2. The van der Waals surface area contributed by atoms with Gasteiger partial charge in [0, 0.05) is 0 Å². The van der Waals surface area contributed by atoms with Crippen molar-refractivity contribution in [2.24, 2.45) is 0 Å². The van der Waals surface area contributed by atoms with Crippen LogP contribution in [0.1, 0.15) is 17.4 Å². The fourth-order valence-electron chi connectivity index (χ4n) is 0.961. The number of methoxy groups -OCH3 is 1. The largest absolute Gasteiger partial charge is 0.466 e. The van der Waals surface area contributed by atoms with Gasteiger partial charge >= 0.3 is 11.9 Å². The highest BCUT2D eigenvalue weighted by Crippen LogP contribution is 2.05. The van der Waals surface area contributed by atoms with Crippen LogP contribution in [-0.2, 0) is 14.3 Å². The molecule has 0 aliphatic carbocycles. The molecule has 0 saturated carbocycles. The average molecular weight is 224 g/mol. The quantitative estimate of drug-likeness (QED) is 0.746. The van der Waals surface area contributed by atoms with Gasteiger partial charge in [0.25, 0.3) is 0 Å². The van der Waals surface area contributed by atoms with Gasteiger partial charge in [0.15, 0.2) is 6.10 Å². The summed E-state index contributed by atoms with van der Waals surface area (Å²) in [6.45, 7) is 1.42. The number of anilines is 1. The van der Waals surface area contributed by atoms with Gasteiger partial charge in [0.05, 0.1) is 19.0 Å². The van der Waals surface area contributed by atoms with E-state index in [0.717, 1.165) is 0 Å². The van der Waals surface area contributed by atoms with Crippen LogP contribution < -0.4 is 5.73 Å². The molecule has 0 aliphatic heterocycles. The van der Waals surface area contributed by atoms with E-state index < -0.39 is 18.0 Å². The van der Waals surface area contributed by atoms with Gasteiger partial charge in [-0.2, -0.15) is 0 Å². The highest BCUT2D eigenvalue weighted by Gasteiger charge is 2.19. The van der Waals surface area contributed by atoms with E-state index in [1.54, 1.807) is 0 Å². The molecule has 1 unspecified atom stereocenters. The SMILES string of the molecule is COC(=O)C(C)OC(=O)c1ccc(N)cn1. The van der Waals surface area contributed by atoms with Crippen molar-refractivity contribution in [3.8, 4) is 0 Å². The van der Waals surface area contributed by atoms with Gasteiger partial charge in [-0.3, -0.25) is 0 Å². The Bertz CT molecular complexity index is 388. The molecule has 0 aromatic carbocycles. The molecule has 0 spiro atoms. The number of aromatic nitrogens is 1. The van der Waals surface area contributed by atoms with Crippen LogP contribution >= 0.6 is 0 Å². The molecule has 2 N–H and O–H groups in total. The van der Waals surface area contributed by atoms with Crippen LogP contribution in [0.15, 0.2) is 18.3 Å². The predicted molar refractivity (Wildman–Crippen MR) is 55.5 cm³/mol. The molecular formula is C10H12N2O4. The number of nitrogens with two attached hydrogens (primary N) is 1. The van der Waals surface area contributed by atoms with E-state index in [0.29, 0.717) is 5.69 Å². The van der Waals surface area contributed by atoms with Gasteiger partial charge in [-0.25, -0.2) is 14.6 Å². The van der Waals surface area contributed by atoms with Crippen molar-refractivity contribution in [1.82, 2.24) is 4.98 Å². The molecule has 6 heteroatoms. The van der Waals surface area contributed by atoms with Crippen LogP contribution in [-0.4, -0.2) is 30.1 Å². The van der Waals surface area contributed by atoms with Crippen LogP contribution in [0.4, 0.5) is 5.69 Å². The van der Waals surface area contributed by atoms with E-state index in [-0.39, 0.29) is 5.69 Å². The lowest BCUT2D eigenvalue weighted by atomic mass is 10.3. The molecule has 0 fully saturated rings. The van der Waals surface area contributed by atoms with Gasteiger partial charge in [-0.05, 0) is 19.1 Å². The second-order valence-corrected chi connectivity index (χ2v) is 3.05. The molecule has 1 aromatic heterocycles. The minimum Gasteiger partial charge on any atom is -0.466 e. The fraction of sp³-hybridized carbons (Fsp3) is 0.300. The molecule has 0 aliphatic rings. The Balaban J connectivity index is 2.65. The predicted octanol–water partition coefficient (Wildman–Crippen LogP) is 0.382. The van der Waals surface area contributed by atoms with Crippen molar-refractivity contribution in [1.29, 1.82) is 0 Å². The van der Waals surface area contributed by atoms with Crippen molar-refractivity contribution in [2.45, 2.75) is 13.0 Å². The molecule has 0 amide bonds.